The highest BCUT2D eigenvalue weighted by molar-refractivity contribution is 6.35. The Morgan fingerprint density at radius 3 is 2.41 bits per heavy atom. The van der Waals surface area contributed by atoms with Crippen LogP contribution in [0.4, 0.5) is 10.5 Å². The van der Waals surface area contributed by atoms with Gasteiger partial charge in [-0.2, -0.15) is 0 Å². The number of carbonyl (C=O) groups is 5. The van der Waals surface area contributed by atoms with E-state index >= 15 is 0 Å². The Bertz CT molecular complexity index is 1700. The van der Waals surface area contributed by atoms with E-state index in [-0.39, 0.29) is 34.7 Å². The van der Waals surface area contributed by atoms with Crippen molar-refractivity contribution in [1.29, 1.82) is 0 Å². The maximum absolute atomic E-state index is 14.2. The van der Waals surface area contributed by atoms with Crippen molar-refractivity contribution < 1.29 is 57.5 Å². The van der Waals surface area contributed by atoms with Crippen molar-refractivity contribution in [3.05, 3.63) is 46.5 Å². The fraction of sp³-hybridized carbons (Fsp3) is 0.605. The predicted octanol–water partition coefficient (Wildman–Crippen LogP) is 4.23. The quantitative estimate of drug-likeness (QED) is 0.229. The molecule has 0 spiro atoms. The number of allylic oxidation sites excluding steroid dienone is 2. The Morgan fingerprint density at radius 1 is 1.15 bits per heavy atom. The first-order valence-electron chi connectivity index (χ1n) is 17.7. The molecule has 4 rings (SSSR count). The van der Waals surface area contributed by atoms with E-state index in [1.165, 1.54) is 52.0 Å². The van der Waals surface area contributed by atoms with Crippen LogP contribution in [-0.2, 0) is 42.9 Å². The van der Waals surface area contributed by atoms with E-state index < -0.39 is 84.2 Å². The summed E-state index contributed by atoms with van der Waals surface area (Å²) >= 11 is 6.78. The van der Waals surface area contributed by atoms with Gasteiger partial charge in [0.2, 0.25) is 11.8 Å². The third-order valence-electron chi connectivity index (χ3n) is 10.4. The van der Waals surface area contributed by atoms with Crippen molar-refractivity contribution in [2.24, 2.45) is 11.8 Å². The lowest BCUT2D eigenvalue weighted by Crippen LogP contribution is -2.63. The van der Waals surface area contributed by atoms with Gasteiger partial charge in [-0.15, -0.1) is 0 Å². The van der Waals surface area contributed by atoms with Crippen LogP contribution in [0.25, 0.3) is 0 Å². The Labute approximate surface area is 320 Å². The monoisotopic (exact) mass is 777 g/mol. The van der Waals surface area contributed by atoms with Gasteiger partial charge >= 0.3 is 18.0 Å². The number of ether oxygens (including phenoxy) is 6. The van der Waals surface area contributed by atoms with Crippen molar-refractivity contribution in [1.82, 2.24) is 10.2 Å². The number of likely N-dealkylation sites (N-methyl/N-ethyl adjacent to an activating group) is 1. The Morgan fingerprint density at radius 2 is 1.81 bits per heavy atom. The lowest BCUT2D eigenvalue weighted by atomic mass is 9.83. The number of nitrogens with zero attached hydrogens (tertiary/aromatic N) is 2. The zero-order valence-electron chi connectivity index (χ0n) is 32.6. The second-order valence-corrected chi connectivity index (χ2v) is 15.0. The van der Waals surface area contributed by atoms with Gasteiger partial charge in [0.15, 0.2) is 5.72 Å². The van der Waals surface area contributed by atoms with Crippen molar-refractivity contribution in [2.45, 2.75) is 109 Å². The number of anilines is 1. The van der Waals surface area contributed by atoms with Gasteiger partial charge in [-0.05, 0) is 38.5 Å². The standard InChI is InChI=1S/C38H52ClN3O12/c1-19(2)34(45)41(8)22(5)35(46)53-29-17-30(44)42(9)25-15-24(16-26(49-10)31(25)39)32(51-23(6)43)20(3)13-12-14-28(50-11)38(48)18-27(52-36(47)40-38)21(4)33-37(29,7)54-33/h12-16,19,21-22,27-29,32-33,48H,17-18H2,1-11H3,(H,40,47)/b14-12-,20-13-. The van der Waals surface area contributed by atoms with Crippen LogP contribution in [0.3, 0.4) is 0 Å². The highest BCUT2D eigenvalue weighted by Gasteiger charge is 2.64. The maximum Gasteiger partial charge on any atom is 0.409 e. The molecule has 2 N–H and O–H groups in total. The highest BCUT2D eigenvalue weighted by Crippen LogP contribution is 2.49. The molecule has 1 aromatic rings. The third kappa shape index (κ3) is 8.85. The lowest BCUT2D eigenvalue weighted by Gasteiger charge is -2.42. The van der Waals surface area contributed by atoms with E-state index in [2.05, 4.69) is 5.32 Å². The van der Waals surface area contributed by atoms with E-state index in [0.717, 1.165) is 0 Å². The Hall–Kier alpha value is -4.18. The molecule has 3 heterocycles. The van der Waals surface area contributed by atoms with Gasteiger partial charge in [0.05, 0.1) is 25.3 Å². The molecule has 0 radical (unpaired) electrons. The number of carbonyl (C=O) groups excluding carboxylic acids is 5. The second kappa shape index (κ2) is 16.7. The minimum absolute atomic E-state index is 0.0974. The SMILES string of the molecule is COc1cc2cc(c1Cl)N(C)C(=O)CC(OC(=O)C(C)N(C)C(=O)C(C)C)C1(C)OC1C(C)C1CC(O)(NC(=O)O1)C(OC)/C=C\C=C(\C)C2OC(C)=O. The molecule has 3 amide bonds. The Balaban J connectivity index is 1.86. The smallest absolute Gasteiger partial charge is 0.409 e. The minimum Gasteiger partial charge on any atom is -0.495 e. The first-order valence-corrected chi connectivity index (χ1v) is 18.1. The van der Waals surface area contributed by atoms with Crippen LogP contribution in [0.15, 0.2) is 35.9 Å². The summed E-state index contributed by atoms with van der Waals surface area (Å²) < 4.78 is 34.9. The average Bonchev–Trinajstić information content (AvgIpc) is 3.81. The molecular formula is C38H52ClN3O12. The topological polar surface area (TPSA) is 183 Å². The summed E-state index contributed by atoms with van der Waals surface area (Å²) in [5, 5.41) is 14.4. The van der Waals surface area contributed by atoms with Gasteiger partial charge < -0.3 is 43.3 Å². The number of hydrogen-bond donors (Lipinski definition) is 2. The molecule has 3 aliphatic heterocycles. The summed E-state index contributed by atoms with van der Waals surface area (Å²) in [6.07, 6.45) is -1.43. The van der Waals surface area contributed by atoms with Crippen molar-refractivity contribution in [3.63, 3.8) is 0 Å². The average molecular weight is 778 g/mol. The number of halogens is 1. The molecule has 0 aliphatic carbocycles. The molecule has 2 fully saturated rings. The molecule has 3 aliphatic rings. The van der Waals surface area contributed by atoms with Crippen LogP contribution in [0.2, 0.25) is 5.02 Å². The number of fused-ring (bicyclic) bond motifs is 5. The summed E-state index contributed by atoms with van der Waals surface area (Å²) in [6.45, 7) is 11.4. The van der Waals surface area contributed by atoms with Gasteiger partial charge in [0, 0.05) is 51.9 Å². The molecule has 9 unspecified atom stereocenters. The van der Waals surface area contributed by atoms with E-state index in [1.807, 2.05) is 0 Å². The molecule has 4 bridgehead atoms. The molecule has 0 saturated carbocycles. The molecule has 16 heteroatoms. The van der Waals surface area contributed by atoms with Crippen LogP contribution >= 0.6 is 11.6 Å². The van der Waals surface area contributed by atoms with E-state index in [1.54, 1.807) is 65.0 Å². The van der Waals surface area contributed by atoms with Gasteiger partial charge in [0.1, 0.15) is 46.8 Å². The van der Waals surface area contributed by atoms with Crippen molar-refractivity contribution >= 4 is 47.1 Å². The molecule has 0 aromatic heterocycles. The number of amides is 3. The molecule has 298 valence electrons. The van der Waals surface area contributed by atoms with E-state index in [0.29, 0.717) is 11.1 Å². The first-order chi connectivity index (χ1) is 25.2. The van der Waals surface area contributed by atoms with Gasteiger partial charge in [-0.25, -0.2) is 9.59 Å². The number of epoxide rings is 1. The fourth-order valence-corrected chi connectivity index (χ4v) is 7.21. The zero-order chi connectivity index (χ0) is 40.4. The molecule has 2 saturated heterocycles. The Kier molecular flexibility index (Phi) is 13.1. The molecule has 1 aromatic carbocycles. The summed E-state index contributed by atoms with van der Waals surface area (Å²) in [5.41, 5.74) is -2.01. The van der Waals surface area contributed by atoms with Crippen LogP contribution in [0.5, 0.6) is 5.75 Å². The van der Waals surface area contributed by atoms with Crippen molar-refractivity contribution in [2.75, 3.05) is 33.2 Å². The fourth-order valence-electron chi connectivity index (χ4n) is 6.90. The largest absolute Gasteiger partial charge is 0.495 e. The van der Waals surface area contributed by atoms with Crippen LogP contribution in [0, 0.1) is 11.8 Å². The molecule has 15 nitrogen and oxygen atoms in total. The third-order valence-corrected chi connectivity index (χ3v) is 10.8. The number of rotatable bonds is 7. The zero-order valence-corrected chi connectivity index (χ0v) is 33.4. The maximum atomic E-state index is 14.2. The van der Waals surface area contributed by atoms with E-state index in [9.17, 15) is 29.1 Å². The molecule has 9 atom stereocenters. The van der Waals surface area contributed by atoms with Crippen LogP contribution in [-0.4, -0.2) is 110 Å². The lowest BCUT2D eigenvalue weighted by molar-refractivity contribution is -0.162. The van der Waals surface area contributed by atoms with Gasteiger partial charge in [-0.3, -0.25) is 19.7 Å². The predicted molar refractivity (Wildman–Crippen MR) is 197 cm³/mol. The summed E-state index contributed by atoms with van der Waals surface area (Å²) in [7, 11) is 5.78. The van der Waals surface area contributed by atoms with Crippen LogP contribution in [0.1, 0.15) is 73.0 Å². The number of aliphatic hydroxyl groups is 1. The number of nitrogens with one attached hydrogen (secondary N) is 1. The van der Waals surface area contributed by atoms with Crippen LogP contribution < -0.4 is 15.0 Å². The van der Waals surface area contributed by atoms with E-state index in [4.69, 9.17) is 40.0 Å². The summed E-state index contributed by atoms with van der Waals surface area (Å²) in [6, 6.07) is 2.18. The van der Waals surface area contributed by atoms with Crippen molar-refractivity contribution in [3.8, 4) is 5.75 Å². The first kappa shape index (κ1) is 42.6. The number of hydrogen-bond acceptors (Lipinski definition) is 12. The van der Waals surface area contributed by atoms with Gasteiger partial charge in [-0.1, -0.05) is 50.6 Å². The van der Waals surface area contributed by atoms with Gasteiger partial charge in [0.25, 0.3) is 0 Å². The number of methoxy groups -OCH3 is 2. The normalized spacial score (nSPS) is 32.2. The molecule has 54 heavy (non-hydrogen) atoms. The minimum atomic E-state index is -1.92. The number of esters is 2. The molecular weight excluding hydrogens is 726 g/mol. The number of alkyl carbamates (subject to hydrolysis) is 1. The highest BCUT2D eigenvalue weighted by atomic mass is 35.5. The second-order valence-electron chi connectivity index (χ2n) is 14.6. The number of benzene rings is 1. The summed E-state index contributed by atoms with van der Waals surface area (Å²) in [4.78, 5) is 68.5. The summed E-state index contributed by atoms with van der Waals surface area (Å²) in [5.74, 6) is -2.92.